The highest BCUT2D eigenvalue weighted by molar-refractivity contribution is 5.70. The third-order valence-corrected chi connectivity index (χ3v) is 4.34. The molecule has 2 nitrogen and oxygen atoms in total. The Morgan fingerprint density at radius 1 is 0.952 bits per heavy atom. The smallest absolute Gasteiger partial charge is 0.127 e. The summed E-state index contributed by atoms with van der Waals surface area (Å²) in [6, 6.07) is 16.7. The van der Waals surface area contributed by atoms with Crippen LogP contribution in [0.2, 0.25) is 0 Å². The Hall–Kier alpha value is -1.80. The van der Waals surface area contributed by atoms with Crippen molar-refractivity contribution in [2.75, 3.05) is 6.61 Å². The predicted molar refractivity (Wildman–Crippen MR) is 87.2 cm³/mol. The number of hydrogen-bond acceptors (Lipinski definition) is 2. The third-order valence-electron chi connectivity index (χ3n) is 4.34. The van der Waals surface area contributed by atoms with Gasteiger partial charge in [0.1, 0.15) is 5.75 Å². The summed E-state index contributed by atoms with van der Waals surface area (Å²) in [6.07, 6.45) is 5.34. The van der Waals surface area contributed by atoms with Crippen LogP contribution in [0.1, 0.15) is 31.2 Å². The van der Waals surface area contributed by atoms with Crippen molar-refractivity contribution in [3.8, 4) is 16.9 Å². The number of para-hydroxylation sites is 1. The fraction of sp³-hybridized carbons (Fsp3) is 0.368. The van der Waals surface area contributed by atoms with Crippen molar-refractivity contribution in [1.82, 2.24) is 0 Å². The van der Waals surface area contributed by atoms with E-state index in [-0.39, 0.29) is 0 Å². The molecule has 0 heterocycles. The molecule has 21 heavy (non-hydrogen) atoms. The topological polar surface area (TPSA) is 35.2 Å². The van der Waals surface area contributed by atoms with E-state index in [4.69, 9.17) is 10.5 Å². The Kier molecular flexibility index (Phi) is 4.56. The van der Waals surface area contributed by atoms with Crippen molar-refractivity contribution in [3.05, 3.63) is 54.1 Å². The summed E-state index contributed by atoms with van der Waals surface area (Å²) in [6.45, 7) is 1.43. The number of rotatable bonds is 5. The fourth-order valence-electron chi connectivity index (χ4n) is 3.04. The first-order chi connectivity index (χ1) is 10.4. The first kappa shape index (κ1) is 14.2. The van der Waals surface area contributed by atoms with Crippen molar-refractivity contribution < 1.29 is 4.74 Å². The normalized spacial score (nSPS) is 15.3. The van der Waals surface area contributed by atoms with Gasteiger partial charge in [-0.25, -0.2) is 0 Å². The van der Waals surface area contributed by atoms with Crippen LogP contribution in [0.15, 0.2) is 48.5 Å². The van der Waals surface area contributed by atoms with Gasteiger partial charge < -0.3 is 10.5 Å². The molecule has 110 valence electrons. The van der Waals surface area contributed by atoms with Crippen molar-refractivity contribution in [2.45, 2.75) is 32.2 Å². The van der Waals surface area contributed by atoms with Gasteiger partial charge in [-0.1, -0.05) is 55.3 Å². The van der Waals surface area contributed by atoms with Crippen LogP contribution in [-0.4, -0.2) is 6.61 Å². The minimum atomic E-state index is 0.583. The number of hydrogen-bond donors (Lipinski definition) is 1. The first-order valence-electron chi connectivity index (χ1n) is 7.88. The lowest BCUT2D eigenvalue weighted by Gasteiger charge is -2.15. The minimum absolute atomic E-state index is 0.583. The zero-order chi connectivity index (χ0) is 14.5. The zero-order valence-corrected chi connectivity index (χ0v) is 12.4. The number of benzene rings is 2. The van der Waals surface area contributed by atoms with E-state index in [2.05, 4.69) is 42.5 Å². The second kappa shape index (κ2) is 6.77. The van der Waals surface area contributed by atoms with Gasteiger partial charge in [0.25, 0.3) is 0 Å². The lowest BCUT2D eigenvalue weighted by Crippen LogP contribution is -2.08. The molecule has 1 fully saturated rings. The van der Waals surface area contributed by atoms with Crippen LogP contribution in [0, 0.1) is 5.92 Å². The Bertz CT molecular complexity index is 570. The van der Waals surface area contributed by atoms with E-state index in [0.29, 0.717) is 6.54 Å². The molecule has 0 bridgehead atoms. The van der Waals surface area contributed by atoms with Gasteiger partial charge in [-0.3, -0.25) is 0 Å². The molecule has 0 atom stereocenters. The van der Waals surface area contributed by atoms with Gasteiger partial charge >= 0.3 is 0 Å². The van der Waals surface area contributed by atoms with E-state index in [9.17, 15) is 0 Å². The van der Waals surface area contributed by atoms with Crippen LogP contribution in [-0.2, 0) is 6.54 Å². The van der Waals surface area contributed by atoms with E-state index in [1.807, 2.05) is 6.07 Å². The summed E-state index contributed by atoms with van der Waals surface area (Å²) in [5.41, 5.74) is 9.17. The van der Waals surface area contributed by atoms with Crippen molar-refractivity contribution >= 4 is 0 Å². The second-order valence-electron chi connectivity index (χ2n) is 5.86. The maximum Gasteiger partial charge on any atom is 0.127 e. The van der Waals surface area contributed by atoms with Crippen molar-refractivity contribution in [1.29, 1.82) is 0 Å². The summed E-state index contributed by atoms with van der Waals surface area (Å²) in [7, 11) is 0. The molecular formula is C19H23NO. The molecule has 2 aromatic rings. The lowest BCUT2D eigenvalue weighted by molar-refractivity contribution is 0.253. The van der Waals surface area contributed by atoms with Crippen LogP contribution in [0.25, 0.3) is 11.1 Å². The van der Waals surface area contributed by atoms with Crippen LogP contribution in [0.4, 0.5) is 0 Å². The Balaban J connectivity index is 1.77. The molecule has 3 rings (SSSR count). The maximum atomic E-state index is 6.11. The third kappa shape index (κ3) is 3.45. The molecule has 0 aromatic heterocycles. The molecule has 2 heteroatoms. The molecule has 0 radical (unpaired) electrons. The predicted octanol–water partition coefficient (Wildman–Crippen LogP) is 4.38. The van der Waals surface area contributed by atoms with E-state index in [1.54, 1.807) is 0 Å². The lowest BCUT2D eigenvalue weighted by atomic mass is 10.0. The van der Waals surface area contributed by atoms with Gasteiger partial charge in [-0.15, -0.1) is 0 Å². The Morgan fingerprint density at radius 2 is 1.67 bits per heavy atom. The second-order valence-corrected chi connectivity index (χ2v) is 5.86. The van der Waals surface area contributed by atoms with E-state index < -0.39 is 0 Å². The van der Waals surface area contributed by atoms with Crippen LogP contribution in [0.3, 0.4) is 0 Å². The van der Waals surface area contributed by atoms with Crippen LogP contribution >= 0.6 is 0 Å². The highest BCUT2D eigenvalue weighted by Crippen LogP contribution is 2.32. The van der Waals surface area contributed by atoms with Gasteiger partial charge in [-0.2, -0.15) is 0 Å². The summed E-state index contributed by atoms with van der Waals surface area (Å²) in [5, 5.41) is 0. The molecule has 0 unspecified atom stereocenters. The molecule has 1 aliphatic carbocycles. The summed E-state index contributed by atoms with van der Waals surface area (Å²) in [4.78, 5) is 0. The highest BCUT2D eigenvalue weighted by Gasteiger charge is 2.16. The fourth-order valence-corrected chi connectivity index (χ4v) is 3.04. The molecule has 0 aliphatic heterocycles. The van der Waals surface area contributed by atoms with Gasteiger partial charge in [-0.05, 0) is 36.0 Å². The molecule has 1 saturated carbocycles. The largest absolute Gasteiger partial charge is 0.493 e. The SMILES string of the molecule is NCc1ccc(-c2ccccc2OCC2CCCC2)cc1. The van der Waals surface area contributed by atoms with Gasteiger partial charge in [0.15, 0.2) is 0 Å². The van der Waals surface area contributed by atoms with Gasteiger partial charge in [0.2, 0.25) is 0 Å². The maximum absolute atomic E-state index is 6.11. The summed E-state index contributed by atoms with van der Waals surface area (Å²) >= 11 is 0. The van der Waals surface area contributed by atoms with Gasteiger partial charge in [0.05, 0.1) is 6.61 Å². The van der Waals surface area contributed by atoms with Crippen molar-refractivity contribution in [3.63, 3.8) is 0 Å². The molecule has 2 aromatic carbocycles. The Morgan fingerprint density at radius 3 is 2.38 bits per heavy atom. The highest BCUT2D eigenvalue weighted by atomic mass is 16.5. The minimum Gasteiger partial charge on any atom is -0.493 e. The summed E-state index contributed by atoms with van der Waals surface area (Å²) < 4.78 is 6.11. The molecular weight excluding hydrogens is 258 g/mol. The standard InChI is InChI=1S/C19H23NO/c20-13-15-9-11-17(12-10-15)18-7-3-4-8-19(18)21-14-16-5-1-2-6-16/h3-4,7-12,16H,1-2,5-6,13-14,20H2. The van der Waals surface area contributed by atoms with Crippen LogP contribution < -0.4 is 10.5 Å². The quantitative estimate of drug-likeness (QED) is 0.882. The average molecular weight is 281 g/mol. The van der Waals surface area contributed by atoms with E-state index in [0.717, 1.165) is 23.8 Å². The average Bonchev–Trinajstić information content (AvgIpc) is 3.07. The molecule has 0 saturated heterocycles. The number of nitrogens with two attached hydrogens (primary N) is 1. The monoisotopic (exact) mass is 281 g/mol. The van der Waals surface area contributed by atoms with E-state index >= 15 is 0 Å². The zero-order valence-electron chi connectivity index (χ0n) is 12.4. The van der Waals surface area contributed by atoms with Crippen molar-refractivity contribution in [2.24, 2.45) is 11.7 Å². The summed E-state index contributed by atoms with van der Waals surface area (Å²) in [5.74, 6) is 1.72. The molecule has 0 amide bonds. The molecule has 2 N–H and O–H groups in total. The first-order valence-corrected chi connectivity index (χ1v) is 7.88. The van der Waals surface area contributed by atoms with Crippen LogP contribution in [0.5, 0.6) is 5.75 Å². The number of ether oxygens (including phenoxy) is 1. The molecule has 1 aliphatic rings. The molecule has 0 spiro atoms. The van der Waals surface area contributed by atoms with Gasteiger partial charge in [0, 0.05) is 12.1 Å². The Labute approximate surface area is 126 Å². The van der Waals surface area contributed by atoms with E-state index in [1.165, 1.54) is 36.8 Å².